The quantitative estimate of drug-likeness (QED) is 0.434. The zero-order valence-corrected chi connectivity index (χ0v) is 12.0. The lowest BCUT2D eigenvalue weighted by molar-refractivity contribution is -0.169. The molecule has 0 radical (unpaired) electrons. The molecule has 0 aromatic carbocycles. The number of hydrogen-bond donors (Lipinski definition) is 0. The van der Waals surface area contributed by atoms with E-state index in [1.54, 1.807) is 0 Å². The van der Waals surface area contributed by atoms with Crippen molar-refractivity contribution >= 4 is 17.9 Å². The van der Waals surface area contributed by atoms with Crippen LogP contribution in [0, 0.1) is 23.7 Å². The minimum absolute atomic E-state index is 0.0452. The second-order valence-electron chi connectivity index (χ2n) is 6.16. The number of fused-ring (bicyclic) bond motifs is 1. The molecule has 3 aliphatic rings. The first-order valence-electron chi connectivity index (χ1n) is 7.12. The van der Waals surface area contributed by atoms with Gasteiger partial charge in [-0.05, 0) is 19.3 Å². The van der Waals surface area contributed by atoms with Crippen molar-refractivity contribution in [2.24, 2.45) is 23.7 Å². The molecule has 6 atom stereocenters. The molecule has 0 aromatic heterocycles. The van der Waals surface area contributed by atoms with Gasteiger partial charge < -0.3 is 14.2 Å². The second kappa shape index (κ2) is 4.86. The summed E-state index contributed by atoms with van der Waals surface area (Å²) in [5.41, 5.74) is 0.226. The Morgan fingerprint density at radius 1 is 1.38 bits per heavy atom. The fraction of sp³-hybridized carbons (Fsp3) is 0.667. The number of ether oxygens (including phenoxy) is 3. The number of rotatable bonds is 4. The maximum absolute atomic E-state index is 11.8. The summed E-state index contributed by atoms with van der Waals surface area (Å²) < 4.78 is 15.5. The largest absolute Gasteiger partial charge is 0.458 e. The molecule has 6 heteroatoms. The molecule has 21 heavy (non-hydrogen) atoms. The third-order valence-electron chi connectivity index (χ3n) is 4.88. The lowest BCUT2D eigenvalue weighted by Crippen LogP contribution is -2.40. The van der Waals surface area contributed by atoms with Crippen molar-refractivity contribution in [2.75, 3.05) is 6.61 Å². The fourth-order valence-corrected chi connectivity index (χ4v) is 3.94. The van der Waals surface area contributed by atoms with E-state index in [1.165, 1.54) is 6.92 Å². The van der Waals surface area contributed by atoms with Crippen LogP contribution in [0.4, 0.5) is 0 Å². The Kier molecular flexibility index (Phi) is 3.26. The van der Waals surface area contributed by atoms with Crippen LogP contribution in [-0.2, 0) is 28.6 Å². The monoisotopic (exact) mass is 294 g/mol. The van der Waals surface area contributed by atoms with Crippen LogP contribution < -0.4 is 0 Å². The van der Waals surface area contributed by atoms with Gasteiger partial charge in [-0.25, -0.2) is 9.59 Å². The summed E-state index contributed by atoms with van der Waals surface area (Å²) in [6, 6.07) is 0. The molecule has 0 amide bonds. The molecular weight excluding hydrogens is 276 g/mol. The maximum atomic E-state index is 11.8. The highest BCUT2D eigenvalue weighted by molar-refractivity contribution is 5.88. The molecule has 6 nitrogen and oxygen atoms in total. The summed E-state index contributed by atoms with van der Waals surface area (Å²) in [5, 5.41) is 0. The van der Waals surface area contributed by atoms with Crippen LogP contribution in [-0.4, -0.2) is 36.7 Å². The molecule has 2 aliphatic carbocycles. The lowest BCUT2D eigenvalue weighted by Gasteiger charge is -2.29. The normalized spacial score (nSPS) is 39.0. The molecule has 2 bridgehead atoms. The Balaban J connectivity index is 1.59. The van der Waals surface area contributed by atoms with E-state index in [2.05, 4.69) is 6.58 Å². The predicted molar refractivity (Wildman–Crippen MR) is 69.8 cm³/mol. The third-order valence-corrected chi connectivity index (χ3v) is 4.88. The topological polar surface area (TPSA) is 78.9 Å². The molecule has 1 heterocycles. The molecule has 0 N–H and O–H groups in total. The molecular formula is C15H18O6. The van der Waals surface area contributed by atoms with Crippen molar-refractivity contribution in [3.05, 3.63) is 12.2 Å². The lowest BCUT2D eigenvalue weighted by atomic mass is 9.80. The summed E-state index contributed by atoms with van der Waals surface area (Å²) in [6.45, 7) is 6.49. The Labute approximate surface area is 122 Å². The van der Waals surface area contributed by atoms with Crippen LogP contribution in [0.2, 0.25) is 0 Å². The number of carbonyl (C=O) groups excluding carboxylic acids is 3. The predicted octanol–water partition coefficient (Wildman–Crippen LogP) is 0.845. The second-order valence-corrected chi connectivity index (χ2v) is 6.16. The van der Waals surface area contributed by atoms with Crippen molar-refractivity contribution in [1.29, 1.82) is 0 Å². The Bertz CT molecular complexity index is 524. The molecule has 3 rings (SSSR count). The maximum Gasteiger partial charge on any atom is 0.344 e. The minimum atomic E-state index is -0.624. The molecule has 2 saturated carbocycles. The van der Waals surface area contributed by atoms with Gasteiger partial charge in [0, 0.05) is 17.4 Å². The molecule has 1 aliphatic heterocycles. The first-order chi connectivity index (χ1) is 9.90. The summed E-state index contributed by atoms with van der Waals surface area (Å²) in [7, 11) is 0. The molecule has 3 fully saturated rings. The summed E-state index contributed by atoms with van der Waals surface area (Å²) >= 11 is 0. The number of esters is 3. The van der Waals surface area contributed by atoms with E-state index in [4.69, 9.17) is 14.2 Å². The highest BCUT2D eigenvalue weighted by Gasteiger charge is 2.66. The number of hydrogen-bond acceptors (Lipinski definition) is 6. The van der Waals surface area contributed by atoms with Crippen molar-refractivity contribution in [3.63, 3.8) is 0 Å². The average Bonchev–Trinajstić information content (AvgIpc) is 3.00. The smallest absolute Gasteiger partial charge is 0.344 e. The zero-order valence-electron chi connectivity index (χ0n) is 12.0. The zero-order chi connectivity index (χ0) is 15.3. The summed E-state index contributed by atoms with van der Waals surface area (Å²) in [6.07, 6.45) is 0.111. The SMILES string of the molecule is C=C(C)C(=O)OCC(=O)OC1C2CC3C1OC(=O)C3C2C. The van der Waals surface area contributed by atoms with Crippen molar-refractivity contribution < 1.29 is 28.6 Å². The fourth-order valence-electron chi connectivity index (χ4n) is 3.94. The van der Waals surface area contributed by atoms with E-state index >= 15 is 0 Å². The van der Waals surface area contributed by atoms with Gasteiger partial charge in [-0.1, -0.05) is 13.5 Å². The van der Waals surface area contributed by atoms with Gasteiger partial charge in [0.2, 0.25) is 0 Å². The minimum Gasteiger partial charge on any atom is -0.458 e. The molecule has 114 valence electrons. The molecule has 0 spiro atoms. The van der Waals surface area contributed by atoms with Crippen LogP contribution in [0.25, 0.3) is 0 Å². The van der Waals surface area contributed by atoms with Crippen molar-refractivity contribution in [2.45, 2.75) is 32.5 Å². The van der Waals surface area contributed by atoms with Gasteiger partial charge in [0.25, 0.3) is 0 Å². The summed E-state index contributed by atoms with van der Waals surface area (Å²) in [4.78, 5) is 34.8. The van der Waals surface area contributed by atoms with Gasteiger partial charge in [-0.2, -0.15) is 0 Å². The van der Waals surface area contributed by atoms with Gasteiger partial charge in [0.05, 0.1) is 5.92 Å². The van der Waals surface area contributed by atoms with E-state index in [1.807, 2.05) is 6.92 Å². The van der Waals surface area contributed by atoms with Crippen LogP contribution >= 0.6 is 0 Å². The van der Waals surface area contributed by atoms with Crippen LogP contribution in [0.5, 0.6) is 0 Å². The van der Waals surface area contributed by atoms with Crippen LogP contribution in [0.15, 0.2) is 12.2 Å². The first-order valence-corrected chi connectivity index (χ1v) is 7.12. The van der Waals surface area contributed by atoms with E-state index in [-0.39, 0.29) is 41.3 Å². The first kappa shape index (κ1) is 14.1. The van der Waals surface area contributed by atoms with Crippen LogP contribution in [0.1, 0.15) is 20.3 Å². The van der Waals surface area contributed by atoms with Gasteiger partial charge in [0.1, 0.15) is 12.2 Å². The Morgan fingerprint density at radius 2 is 2.10 bits per heavy atom. The molecule has 6 unspecified atom stereocenters. The standard InChI is InChI=1S/C15H18O6/c1-6(2)14(17)19-5-10(16)20-12-8-4-9-11(7(8)3)15(18)21-13(9)12/h7-9,11-13H,1,4-5H2,2-3H3. The summed E-state index contributed by atoms with van der Waals surface area (Å²) in [5.74, 6) is -0.986. The highest BCUT2D eigenvalue weighted by atomic mass is 16.6. The van der Waals surface area contributed by atoms with Crippen molar-refractivity contribution in [3.8, 4) is 0 Å². The highest BCUT2D eigenvalue weighted by Crippen LogP contribution is 2.58. The van der Waals surface area contributed by atoms with Gasteiger partial charge in [-0.3, -0.25) is 4.79 Å². The van der Waals surface area contributed by atoms with Gasteiger partial charge >= 0.3 is 17.9 Å². The Hall–Kier alpha value is -1.85. The Morgan fingerprint density at radius 3 is 2.76 bits per heavy atom. The van der Waals surface area contributed by atoms with E-state index in [0.29, 0.717) is 0 Å². The van der Waals surface area contributed by atoms with Crippen molar-refractivity contribution in [1.82, 2.24) is 0 Å². The average molecular weight is 294 g/mol. The molecule has 1 saturated heterocycles. The van der Waals surface area contributed by atoms with Gasteiger partial charge in [-0.15, -0.1) is 0 Å². The third kappa shape index (κ3) is 2.13. The van der Waals surface area contributed by atoms with E-state index < -0.39 is 24.6 Å². The number of carbonyl (C=O) groups is 3. The van der Waals surface area contributed by atoms with Crippen LogP contribution in [0.3, 0.4) is 0 Å². The van der Waals surface area contributed by atoms with Gasteiger partial charge in [0.15, 0.2) is 6.61 Å². The van der Waals surface area contributed by atoms with E-state index in [9.17, 15) is 14.4 Å². The van der Waals surface area contributed by atoms with E-state index in [0.717, 1.165) is 6.42 Å². The molecule has 0 aromatic rings.